The molecule has 0 bridgehead atoms. The number of alkyl halides is 1. The van der Waals surface area contributed by atoms with Crippen LogP contribution in [0.15, 0.2) is 12.1 Å². The molecule has 0 saturated heterocycles. The SMILES string of the molecule is O=C(O)c1c(Cl)ccc(F)c1NCC(O)CCl. The highest BCUT2D eigenvalue weighted by Crippen LogP contribution is 2.27. The Hall–Kier alpha value is -1.04. The van der Waals surface area contributed by atoms with E-state index in [9.17, 15) is 14.3 Å². The Kier molecular flexibility index (Phi) is 4.99. The van der Waals surface area contributed by atoms with Crippen molar-refractivity contribution in [3.63, 3.8) is 0 Å². The zero-order valence-corrected chi connectivity index (χ0v) is 10.1. The molecule has 0 heterocycles. The summed E-state index contributed by atoms with van der Waals surface area (Å²) in [6, 6.07) is 2.20. The summed E-state index contributed by atoms with van der Waals surface area (Å²) in [6.07, 6.45) is -0.906. The van der Waals surface area contributed by atoms with Gasteiger partial charge >= 0.3 is 5.97 Å². The number of benzene rings is 1. The molecule has 17 heavy (non-hydrogen) atoms. The van der Waals surface area contributed by atoms with Gasteiger partial charge in [-0.2, -0.15) is 0 Å². The number of rotatable bonds is 5. The first-order valence-electron chi connectivity index (χ1n) is 4.66. The number of aliphatic hydroxyl groups excluding tert-OH is 1. The lowest BCUT2D eigenvalue weighted by Gasteiger charge is -2.13. The number of hydrogen-bond donors (Lipinski definition) is 3. The summed E-state index contributed by atoms with van der Waals surface area (Å²) in [7, 11) is 0. The Morgan fingerprint density at radius 1 is 1.53 bits per heavy atom. The van der Waals surface area contributed by atoms with Gasteiger partial charge in [0.15, 0.2) is 0 Å². The fraction of sp³-hybridized carbons (Fsp3) is 0.300. The van der Waals surface area contributed by atoms with Gasteiger partial charge in [0.25, 0.3) is 0 Å². The number of aliphatic hydroxyl groups is 1. The summed E-state index contributed by atoms with van der Waals surface area (Å²) in [5.74, 6) is -2.15. The number of halogens is 3. The molecule has 0 aliphatic rings. The molecule has 94 valence electrons. The Labute approximate surface area is 107 Å². The van der Waals surface area contributed by atoms with Gasteiger partial charge in [0.2, 0.25) is 0 Å². The monoisotopic (exact) mass is 281 g/mol. The molecule has 1 unspecified atom stereocenters. The molecule has 1 aromatic carbocycles. The molecular weight excluding hydrogens is 272 g/mol. The van der Waals surface area contributed by atoms with Crippen LogP contribution in [0.4, 0.5) is 10.1 Å². The molecule has 0 aromatic heterocycles. The lowest BCUT2D eigenvalue weighted by atomic mass is 10.1. The first-order chi connectivity index (χ1) is 7.97. The predicted octanol–water partition coefficient (Wildman–Crippen LogP) is 2.19. The van der Waals surface area contributed by atoms with Crippen molar-refractivity contribution < 1.29 is 19.4 Å². The van der Waals surface area contributed by atoms with Crippen LogP contribution in [-0.4, -0.2) is 34.7 Å². The molecule has 0 fully saturated rings. The van der Waals surface area contributed by atoms with Crippen molar-refractivity contribution >= 4 is 34.9 Å². The first kappa shape index (κ1) is 14.0. The summed E-state index contributed by atoms with van der Waals surface area (Å²) in [5, 5.41) is 20.5. The maximum absolute atomic E-state index is 13.4. The van der Waals surface area contributed by atoms with Crippen LogP contribution in [0.25, 0.3) is 0 Å². The van der Waals surface area contributed by atoms with E-state index in [-0.39, 0.29) is 28.7 Å². The van der Waals surface area contributed by atoms with E-state index < -0.39 is 17.9 Å². The highest BCUT2D eigenvalue weighted by Gasteiger charge is 2.19. The Morgan fingerprint density at radius 2 is 2.18 bits per heavy atom. The summed E-state index contributed by atoms with van der Waals surface area (Å²) >= 11 is 11.0. The minimum absolute atomic E-state index is 0.0441. The standard InChI is InChI=1S/C10H10Cl2FNO3/c11-3-5(15)4-14-9-7(13)2-1-6(12)8(9)10(16)17/h1-2,5,14-15H,3-4H2,(H,16,17). The highest BCUT2D eigenvalue weighted by molar-refractivity contribution is 6.34. The van der Waals surface area contributed by atoms with Crippen molar-refractivity contribution in [2.24, 2.45) is 0 Å². The van der Waals surface area contributed by atoms with Gasteiger partial charge < -0.3 is 15.5 Å². The van der Waals surface area contributed by atoms with E-state index in [1.807, 2.05) is 0 Å². The molecule has 0 saturated carbocycles. The Morgan fingerprint density at radius 3 is 2.71 bits per heavy atom. The lowest BCUT2D eigenvalue weighted by molar-refractivity contribution is 0.0697. The van der Waals surface area contributed by atoms with Crippen molar-refractivity contribution in [3.8, 4) is 0 Å². The van der Waals surface area contributed by atoms with Gasteiger partial charge in [0, 0.05) is 6.54 Å². The normalized spacial score (nSPS) is 12.2. The second-order valence-electron chi connectivity index (χ2n) is 3.27. The molecule has 0 amide bonds. The molecule has 4 nitrogen and oxygen atoms in total. The maximum atomic E-state index is 13.4. The fourth-order valence-corrected chi connectivity index (χ4v) is 1.56. The van der Waals surface area contributed by atoms with Gasteiger partial charge in [0.1, 0.15) is 11.4 Å². The van der Waals surface area contributed by atoms with Gasteiger partial charge in [-0.05, 0) is 12.1 Å². The van der Waals surface area contributed by atoms with Crippen LogP contribution in [0.3, 0.4) is 0 Å². The number of nitrogens with one attached hydrogen (secondary N) is 1. The number of hydrogen-bond acceptors (Lipinski definition) is 3. The highest BCUT2D eigenvalue weighted by atomic mass is 35.5. The summed E-state index contributed by atoms with van der Waals surface area (Å²) < 4.78 is 13.4. The molecule has 0 spiro atoms. The van der Waals surface area contributed by atoms with Gasteiger partial charge in [-0.3, -0.25) is 0 Å². The van der Waals surface area contributed by atoms with E-state index in [2.05, 4.69) is 5.32 Å². The van der Waals surface area contributed by atoms with Crippen molar-refractivity contribution in [2.45, 2.75) is 6.10 Å². The third-order valence-electron chi connectivity index (χ3n) is 2.01. The van der Waals surface area contributed by atoms with E-state index in [0.29, 0.717) is 0 Å². The van der Waals surface area contributed by atoms with Gasteiger partial charge in [0.05, 0.1) is 22.7 Å². The van der Waals surface area contributed by atoms with E-state index in [1.54, 1.807) is 0 Å². The van der Waals surface area contributed by atoms with Gasteiger partial charge in [-0.1, -0.05) is 11.6 Å². The number of carboxylic acid groups (broad SMARTS) is 1. The van der Waals surface area contributed by atoms with Gasteiger partial charge in [-0.15, -0.1) is 11.6 Å². The van der Waals surface area contributed by atoms with Crippen molar-refractivity contribution in [3.05, 3.63) is 28.5 Å². The van der Waals surface area contributed by atoms with Crippen LogP contribution in [0.1, 0.15) is 10.4 Å². The quantitative estimate of drug-likeness (QED) is 0.724. The van der Waals surface area contributed by atoms with Gasteiger partial charge in [-0.25, -0.2) is 9.18 Å². The zero-order valence-electron chi connectivity index (χ0n) is 8.58. The topological polar surface area (TPSA) is 69.6 Å². The van der Waals surface area contributed by atoms with E-state index >= 15 is 0 Å². The maximum Gasteiger partial charge on any atom is 0.339 e. The number of carboxylic acids is 1. The average Bonchev–Trinajstić information content (AvgIpc) is 2.28. The van der Waals surface area contributed by atoms with Crippen LogP contribution >= 0.6 is 23.2 Å². The second-order valence-corrected chi connectivity index (χ2v) is 3.99. The Bertz CT molecular complexity index is 428. The second kappa shape index (κ2) is 6.05. The predicted molar refractivity (Wildman–Crippen MR) is 63.6 cm³/mol. The van der Waals surface area contributed by atoms with Crippen LogP contribution < -0.4 is 5.32 Å². The molecule has 7 heteroatoms. The van der Waals surface area contributed by atoms with Crippen LogP contribution in [0.5, 0.6) is 0 Å². The minimum Gasteiger partial charge on any atom is -0.478 e. The van der Waals surface area contributed by atoms with E-state index in [1.165, 1.54) is 0 Å². The largest absolute Gasteiger partial charge is 0.478 e. The van der Waals surface area contributed by atoms with Crippen LogP contribution in [0, 0.1) is 5.82 Å². The molecule has 3 N–H and O–H groups in total. The molecular formula is C10H10Cl2FNO3. The summed E-state index contributed by atoms with van der Waals surface area (Å²) in [4.78, 5) is 10.9. The molecule has 1 rings (SSSR count). The van der Waals surface area contributed by atoms with Crippen LogP contribution in [0.2, 0.25) is 5.02 Å². The average molecular weight is 282 g/mol. The lowest BCUT2D eigenvalue weighted by Crippen LogP contribution is -2.22. The third kappa shape index (κ3) is 3.46. The molecule has 0 aliphatic carbocycles. The van der Waals surface area contributed by atoms with E-state index in [0.717, 1.165) is 12.1 Å². The minimum atomic E-state index is -1.35. The Balaban J connectivity index is 3.04. The summed E-state index contributed by atoms with van der Waals surface area (Å²) in [5.41, 5.74) is -0.623. The molecule has 1 atom stereocenters. The number of aromatic carboxylic acids is 1. The smallest absolute Gasteiger partial charge is 0.339 e. The number of carbonyl (C=O) groups is 1. The van der Waals surface area contributed by atoms with Crippen molar-refractivity contribution in [2.75, 3.05) is 17.7 Å². The molecule has 0 aliphatic heterocycles. The van der Waals surface area contributed by atoms with Crippen LogP contribution in [-0.2, 0) is 0 Å². The molecule has 1 aromatic rings. The fourth-order valence-electron chi connectivity index (χ4n) is 1.21. The van der Waals surface area contributed by atoms with Crippen molar-refractivity contribution in [1.29, 1.82) is 0 Å². The van der Waals surface area contributed by atoms with E-state index in [4.69, 9.17) is 28.3 Å². The third-order valence-corrected chi connectivity index (χ3v) is 2.68. The van der Waals surface area contributed by atoms with Crippen molar-refractivity contribution in [1.82, 2.24) is 0 Å². The number of anilines is 1. The first-order valence-corrected chi connectivity index (χ1v) is 5.57. The zero-order chi connectivity index (χ0) is 13.0. The molecule has 0 radical (unpaired) electrons. The summed E-state index contributed by atoms with van der Waals surface area (Å²) in [6.45, 7) is -0.0684.